The van der Waals surface area contributed by atoms with Crippen molar-refractivity contribution in [2.24, 2.45) is 11.1 Å². The van der Waals surface area contributed by atoms with E-state index in [9.17, 15) is 9.59 Å². The van der Waals surface area contributed by atoms with Crippen molar-refractivity contribution in [3.8, 4) is 6.07 Å². The highest BCUT2D eigenvalue weighted by Crippen LogP contribution is 2.17. The van der Waals surface area contributed by atoms with Crippen molar-refractivity contribution in [1.29, 1.82) is 5.26 Å². The molecule has 5 heteroatoms. The number of carbonyl (C=O) groups is 2. The van der Waals surface area contributed by atoms with Crippen LogP contribution in [0.4, 0.5) is 5.69 Å². The maximum atomic E-state index is 11.7. The Hall–Kier alpha value is -2.35. The molecule has 0 aliphatic carbocycles. The van der Waals surface area contributed by atoms with Gasteiger partial charge >= 0.3 is 0 Å². The molecule has 0 bridgehead atoms. The van der Waals surface area contributed by atoms with E-state index in [-0.39, 0.29) is 0 Å². The van der Waals surface area contributed by atoms with Crippen LogP contribution < -0.4 is 11.1 Å². The van der Waals surface area contributed by atoms with Crippen molar-refractivity contribution >= 4 is 17.5 Å². The quantitative estimate of drug-likeness (QED) is 0.819. The van der Waals surface area contributed by atoms with Crippen LogP contribution >= 0.6 is 0 Å². The van der Waals surface area contributed by atoms with Gasteiger partial charge in [0.2, 0.25) is 11.8 Å². The molecule has 0 radical (unpaired) electrons. The van der Waals surface area contributed by atoms with E-state index < -0.39 is 17.2 Å². The van der Waals surface area contributed by atoms with E-state index in [1.807, 2.05) is 6.07 Å². The largest absolute Gasteiger partial charge is 0.366 e. The van der Waals surface area contributed by atoms with Crippen molar-refractivity contribution in [2.75, 3.05) is 5.32 Å². The van der Waals surface area contributed by atoms with Crippen LogP contribution in [0.5, 0.6) is 0 Å². The predicted octanol–water partition coefficient (Wildman–Crippen LogP) is 1.27. The standard InChI is InChI=1S/C12H13N3O2/c1-12(2,7-13)11(17)15-9-5-3-8(4-6-9)10(14)16/h3-6H,1-2H3,(H2,14,16)(H,15,17). The molecule has 1 aromatic rings. The molecule has 0 spiro atoms. The number of nitrogens with zero attached hydrogens (tertiary/aromatic N) is 1. The maximum Gasteiger partial charge on any atom is 0.248 e. The zero-order valence-electron chi connectivity index (χ0n) is 9.65. The monoisotopic (exact) mass is 231 g/mol. The van der Waals surface area contributed by atoms with Crippen molar-refractivity contribution in [1.82, 2.24) is 0 Å². The summed E-state index contributed by atoms with van der Waals surface area (Å²) < 4.78 is 0. The van der Waals surface area contributed by atoms with E-state index in [1.54, 1.807) is 12.1 Å². The summed E-state index contributed by atoms with van der Waals surface area (Å²) in [5.41, 5.74) is 4.87. The van der Waals surface area contributed by atoms with Crippen LogP contribution in [0.1, 0.15) is 24.2 Å². The number of hydrogen-bond acceptors (Lipinski definition) is 3. The van der Waals surface area contributed by atoms with E-state index in [1.165, 1.54) is 26.0 Å². The van der Waals surface area contributed by atoms with Gasteiger partial charge in [0.25, 0.3) is 0 Å². The Kier molecular flexibility index (Phi) is 3.49. The van der Waals surface area contributed by atoms with Crippen LogP contribution in [0.3, 0.4) is 0 Å². The summed E-state index contributed by atoms with van der Waals surface area (Å²) in [6, 6.07) is 8.05. The number of hydrogen-bond donors (Lipinski definition) is 2. The summed E-state index contributed by atoms with van der Waals surface area (Å²) in [6.07, 6.45) is 0. The molecule has 88 valence electrons. The highest BCUT2D eigenvalue weighted by atomic mass is 16.2. The molecule has 0 aliphatic heterocycles. The van der Waals surface area contributed by atoms with Crippen LogP contribution in [0.15, 0.2) is 24.3 Å². The van der Waals surface area contributed by atoms with Gasteiger partial charge in [-0.25, -0.2) is 0 Å². The summed E-state index contributed by atoms with van der Waals surface area (Å²) in [5, 5.41) is 11.4. The second kappa shape index (κ2) is 4.66. The van der Waals surface area contributed by atoms with Crippen LogP contribution in [-0.4, -0.2) is 11.8 Å². The lowest BCUT2D eigenvalue weighted by Gasteiger charge is -2.14. The highest BCUT2D eigenvalue weighted by molar-refractivity contribution is 5.97. The van der Waals surface area contributed by atoms with Gasteiger partial charge in [0.05, 0.1) is 6.07 Å². The zero-order chi connectivity index (χ0) is 13.1. The lowest BCUT2D eigenvalue weighted by atomic mass is 9.94. The smallest absolute Gasteiger partial charge is 0.248 e. The summed E-state index contributed by atoms with van der Waals surface area (Å²) in [6.45, 7) is 3.06. The van der Waals surface area contributed by atoms with E-state index in [0.29, 0.717) is 11.3 Å². The Labute approximate surface area is 99.2 Å². The minimum absolute atomic E-state index is 0.363. The number of amides is 2. The number of carbonyl (C=O) groups excluding carboxylic acids is 2. The molecule has 5 nitrogen and oxygen atoms in total. The lowest BCUT2D eigenvalue weighted by Crippen LogP contribution is -2.29. The first-order valence-corrected chi connectivity index (χ1v) is 4.99. The van der Waals surface area contributed by atoms with Gasteiger partial charge in [0.15, 0.2) is 0 Å². The van der Waals surface area contributed by atoms with Crippen molar-refractivity contribution in [2.45, 2.75) is 13.8 Å². The fraction of sp³-hybridized carbons (Fsp3) is 0.250. The minimum Gasteiger partial charge on any atom is -0.366 e. The normalized spacial score (nSPS) is 10.4. The van der Waals surface area contributed by atoms with Gasteiger partial charge < -0.3 is 11.1 Å². The molecule has 0 aromatic heterocycles. The molecule has 0 unspecified atom stereocenters. The number of nitriles is 1. The molecule has 1 aromatic carbocycles. The van der Waals surface area contributed by atoms with Gasteiger partial charge in [-0.3, -0.25) is 9.59 Å². The summed E-state index contributed by atoms with van der Waals surface area (Å²) in [5.74, 6) is -0.924. The molecule has 0 fully saturated rings. The number of rotatable bonds is 3. The van der Waals surface area contributed by atoms with Crippen LogP contribution in [0.2, 0.25) is 0 Å². The SMILES string of the molecule is CC(C)(C#N)C(=O)Nc1ccc(C(N)=O)cc1. The number of primary amides is 1. The summed E-state index contributed by atoms with van der Waals surface area (Å²) in [4.78, 5) is 22.5. The molecule has 1 rings (SSSR count). The number of benzene rings is 1. The fourth-order valence-corrected chi connectivity index (χ4v) is 1.06. The molecule has 3 N–H and O–H groups in total. The molecule has 0 heterocycles. The van der Waals surface area contributed by atoms with Crippen molar-refractivity contribution < 1.29 is 9.59 Å². The first-order valence-electron chi connectivity index (χ1n) is 4.99. The Morgan fingerprint density at radius 3 is 2.24 bits per heavy atom. The van der Waals surface area contributed by atoms with Crippen LogP contribution in [-0.2, 0) is 4.79 Å². The van der Waals surface area contributed by atoms with Gasteiger partial charge in [-0.15, -0.1) is 0 Å². The molecule has 0 atom stereocenters. The Morgan fingerprint density at radius 2 is 1.82 bits per heavy atom. The third kappa shape index (κ3) is 3.05. The first kappa shape index (κ1) is 12.7. The Morgan fingerprint density at radius 1 is 1.29 bits per heavy atom. The van der Waals surface area contributed by atoms with Crippen molar-refractivity contribution in [3.05, 3.63) is 29.8 Å². The third-order valence-corrected chi connectivity index (χ3v) is 2.27. The second-order valence-corrected chi connectivity index (χ2v) is 4.13. The summed E-state index contributed by atoms with van der Waals surface area (Å²) >= 11 is 0. The second-order valence-electron chi connectivity index (χ2n) is 4.13. The Balaban J connectivity index is 2.81. The van der Waals surface area contributed by atoms with Gasteiger partial charge in [-0.05, 0) is 38.1 Å². The van der Waals surface area contributed by atoms with E-state index >= 15 is 0 Å². The average Bonchev–Trinajstić information content (AvgIpc) is 2.29. The molecule has 0 aliphatic rings. The third-order valence-electron chi connectivity index (χ3n) is 2.27. The number of nitrogens with two attached hydrogens (primary N) is 1. The number of nitrogens with one attached hydrogen (secondary N) is 1. The van der Waals surface area contributed by atoms with Crippen LogP contribution in [0.25, 0.3) is 0 Å². The molecule has 2 amide bonds. The lowest BCUT2D eigenvalue weighted by molar-refractivity contribution is -0.121. The van der Waals surface area contributed by atoms with Gasteiger partial charge in [-0.2, -0.15) is 5.26 Å². The Bertz CT molecular complexity index is 483. The van der Waals surface area contributed by atoms with Gasteiger partial charge in [0.1, 0.15) is 5.41 Å². The topological polar surface area (TPSA) is 96.0 Å². The van der Waals surface area contributed by atoms with Crippen LogP contribution in [0, 0.1) is 16.7 Å². The molecular weight excluding hydrogens is 218 g/mol. The van der Waals surface area contributed by atoms with Gasteiger partial charge in [-0.1, -0.05) is 0 Å². The molecule has 0 saturated heterocycles. The zero-order valence-corrected chi connectivity index (χ0v) is 9.65. The summed E-state index contributed by atoms with van der Waals surface area (Å²) in [7, 11) is 0. The van der Waals surface area contributed by atoms with Crippen molar-refractivity contribution in [3.63, 3.8) is 0 Å². The average molecular weight is 231 g/mol. The highest BCUT2D eigenvalue weighted by Gasteiger charge is 2.27. The number of anilines is 1. The van der Waals surface area contributed by atoms with Gasteiger partial charge in [0, 0.05) is 11.3 Å². The van der Waals surface area contributed by atoms with E-state index in [4.69, 9.17) is 11.0 Å². The first-order chi connectivity index (χ1) is 7.86. The molecule has 17 heavy (non-hydrogen) atoms. The van der Waals surface area contributed by atoms with E-state index in [0.717, 1.165) is 0 Å². The van der Waals surface area contributed by atoms with E-state index in [2.05, 4.69) is 5.32 Å². The maximum absolute atomic E-state index is 11.7. The fourth-order valence-electron chi connectivity index (χ4n) is 1.06. The predicted molar refractivity (Wildman–Crippen MR) is 63.0 cm³/mol. The molecular formula is C12H13N3O2. The molecule has 0 saturated carbocycles. The minimum atomic E-state index is -1.09.